The highest BCUT2D eigenvalue weighted by Crippen LogP contribution is 2.64. The molecule has 2 atom stereocenters. The molecule has 2 aromatic carbocycles. The van der Waals surface area contributed by atoms with E-state index in [0.29, 0.717) is 0 Å². The number of hydrogen-bond donors (Lipinski definition) is 1. The summed E-state index contributed by atoms with van der Waals surface area (Å²) in [5, 5.41) is 11.7. The summed E-state index contributed by atoms with van der Waals surface area (Å²) in [5.41, 5.74) is 0.808. The lowest BCUT2D eigenvalue weighted by atomic mass is 10.1. The van der Waals surface area contributed by atoms with E-state index in [1.165, 1.54) is 12.8 Å². The third-order valence-electron chi connectivity index (χ3n) is 6.16. The highest BCUT2D eigenvalue weighted by atomic mass is 31.2. The Hall–Kier alpha value is -1.61. The number of phenols is 1. The van der Waals surface area contributed by atoms with Crippen LogP contribution in [0.4, 0.5) is 0 Å². The fourth-order valence-corrected chi connectivity index (χ4v) is 8.41. The number of piperidine rings is 2. The monoisotopic (exact) mass is 398 g/mol. The third kappa shape index (κ3) is 3.78. The lowest BCUT2D eigenvalue weighted by Gasteiger charge is -2.45. The molecular weight excluding hydrogens is 367 g/mol. The molecule has 0 spiro atoms. The van der Waals surface area contributed by atoms with Gasteiger partial charge < -0.3 is 5.11 Å². The van der Waals surface area contributed by atoms with Crippen LogP contribution in [0.1, 0.15) is 49.9 Å². The van der Waals surface area contributed by atoms with Gasteiger partial charge in [-0.3, -0.25) is 9.46 Å². The van der Waals surface area contributed by atoms with E-state index >= 15 is 4.57 Å². The molecule has 5 heteroatoms. The van der Waals surface area contributed by atoms with E-state index in [2.05, 4.69) is 9.57 Å². The molecule has 0 aromatic heterocycles. The van der Waals surface area contributed by atoms with E-state index in [0.717, 1.165) is 62.7 Å². The van der Waals surface area contributed by atoms with E-state index in [1.807, 2.05) is 48.5 Å². The highest BCUT2D eigenvalue weighted by Gasteiger charge is 2.45. The summed E-state index contributed by atoms with van der Waals surface area (Å²) in [6.07, 6.45) is 6.85. The summed E-state index contributed by atoms with van der Waals surface area (Å²) in [7, 11) is -2.98. The Bertz CT molecular complexity index is 814. The third-order valence-corrected chi connectivity index (χ3v) is 9.71. The molecule has 0 amide bonds. The molecule has 0 radical (unpaired) electrons. The Balaban J connectivity index is 1.88. The molecule has 0 saturated carbocycles. The van der Waals surface area contributed by atoms with Gasteiger partial charge in [-0.15, -0.1) is 0 Å². The number of para-hydroxylation sites is 1. The van der Waals surface area contributed by atoms with Crippen LogP contribution in [-0.4, -0.2) is 40.9 Å². The zero-order valence-electron chi connectivity index (χ0n) is 16.5. The SMILES string of the molecule is O=[P@@](c1ccccc1)([C@@H](c1ccccc1O)N1CCCCC1)N1CCCCC1. The Morgan fingerprint density at radius 2 is 1.32 bits per heavy atom. The molecule has 4 nitrogen and oxygen atoms in total. The second kappa shape index (κ2) is 8.82. The van der Waals surface area contributed by atoms with Crippen molar-refractivity contribution in [3.05, 3.63) is 60.2 Å². The van der Waals surface area contributed by atoms with Gasteiger partial charge in [-0.05, 0) is 44.8 Å². The molecule has 28 heavy (non-hydrogen) atoms. The van der Waals surface area contributed by atoms with Crippen LogP contribution in [0.5, 0.6) is 5.75 Å². The summed E-state index contributed by atoms with van der Waals surface area (Å²) in [4.78, 5) is 2.38. The van der Waals surface area contributed by atoms with E-state index in [4.69, 9.17) is 0 Å². The quantitative estimate of drug-likeness (QED) is 0.723. The molecule has 2 aromatic rings. The second-order valence-electron chi connectivity index (χ2n) is 8.00. The Labute approximate surface area is 168 Å². The number of likely N-dealkylation sites (tertiary alicyclic amines) is 1. The summed E-state index contributed by atoms with van der Waals surface area (Å²) in [6.45, 7) is 3.60. The first-order valence-electron chi connectivity index (χ1n) is 10.6. The Morgan fingerprint density at radius 1 is 0.750 bits per heavy atom. The van der Waals surface area contributed by atoms with Crippen LogP contribution >= 0.6 is 7.29 Å². The maximum atomic E-state index is 15.1. The van der Waals surface area contributed by atoms with Crippen molar-refractivity contribution in [2.45, 2.75) is 44.3 Å². The van der Waals surface area contributed by atoms with Crippen molar-refractivity contribution in [1.82, 2.24) is 9.57 Å². The first-order valence-corrected chi connectivity index (χ1v) is 12.4. The number of aromatic hydroxyl groups is 1. The van der Waals surface area contributed by atoms with Gasteiger partial charge in [0.25, 0.3) is 0 Å². The molecule has 0 unspecified atom stereocenters. The van der Waals surface area contributed by atoms with E-state index in [1.54, 1.807) is 6.07 Å². The maximum Gasteiger partial charge on any atom is 0.199 e. The van der Waals surface area contributed by atoms with Crippen molar-refractivity contribution in [3.8, 4) is 5.75 Å². The molecule has 150 valence electrons. The Morgan fingerprint density at radius 3 is 1.96 bits per heavy atom. The summed E-state index contributed by atoms with van der Waals surface area (Å²) < 4.78 is 17.3. The highest BCUT2D eigenvalue weighted by molar-refractivity contribution is 7.69. The van der Waals surface area contributed by atoms with Crippen LogP contribution in [-0.2, 0) is 4.57 Å². The van der Waals surface area contributed by atoms with Crippen molar-refractivity contribution < 1.29 is 9.67 Å². The van der Waals surface area contributed by atoms with Crippen molar-refractivity contribution in [1.29, 1.82) is 0 Å². The van der Waals surface area contributed by atoms with Gasteiger partial charge in [0, 0.05) is 24.0 Å². The molecule has 0 aliphatic carbocycles. The van der Waals surface area contributed by atoms with Gasteiger partial charge >= 0.3 is 0 Å². The summed E-state index contributed by atoms with van der Waals surface area (Å²) in [6, 6.07) is 17.5. The van der Waals surface area contributed by atoms with E-state index in [9.17, 15) is 5.11 Å². The smallest absolute Gasteiger partial charge is 0.199 e. The molecule has 2 fully saturated rings. The molecule has 2 saturated heterocycles. The first kappa shape index (κ1) is 19.7. The minimum Gasteiger partial charge on any atom is -0.508 e. The van der Waals surface area contributed by atoms with Crippen LogP contribution in [0.15, 0.2) is 54.6 Å². The van der Waals surface area contributed by atoms with Gasteiger partial charge in [0.05, 0.1) is 0 Å². The average molecular weight is 398 g/mol. The van der Waals surface area contributed by atoms with Crippen molar-refractivity contribution in [2.75, 3.05) is 26.2 Å². The molecule has 2 aliphatic heterocycles. The van der Waals surface area contributed by atoms with Gasteiger partial charge in [0.2, 0.25) is 0 Å². The minimum absolute atomic E-state index is 0.256. The van der Waals surface area contributed by atoms with Gasteiger partial charge in [0.15, 0.2) is 7.29 Å². The second-order valence-corrected chi connectivity index (χ2v) is 10.8. The number of hydrogen-bond acceptors (Lipinski definition) is 3. The predicted octanol–water partition coefficient (Wildman–Crippen LogP) is 4.97. The van der Waals surface area contributed by atoms with Crippen LogP contribution in [0, 0.1) is 0 Å². The summed E-state index contributed by atoms with van der Waals surface area (Å²) in [5.74, 6) is -0.0410. The fraction of sp³-hybridized carbons (Fsp3) is 0.478. The van der Waals surface area contributed by atoms with Crippen molar-refractivity contribution in [3.63, 3.8) is 0 Å². The van der Waals surface area contributed by atoms with Crippen LogP contribution in [0.3, 0.4) is 0 Å². The van der Waals surface area contributed by atoms with Gasteiger partial charge in [-0.25, -0.2) is 4.67 Å². The van der Waals surface area contributed by atoms with Crippen molar-refractivity contribution in [2.24, 2.45) is 0 Å². The Kier molecular flexibility index (Phi) is 6.20. The van der Waals surface area contributed by atoms with Crippen LogP contribution in [0.25, 0.3) is 0 Å². The molecule has 2 heterocycles. The zero-order valence-corrected chi connectivity index (χ0v) is 17.4. The topological polar surface area (TPSA) is 43.8 Å². The number of phenolic OH excluding ortho intramolecular Hbond substituents is 1. The van der Waals surface area contributed by atoms with E-state index in [-0.39, 0.29) is 11.5 Å². The van der Waals surface area contributed by atoms with Crippen molar-refractivity contribution >= 4 is 12.6 Å². The van der Waals surface area contributed by atoms with Crippen LogP contribution in [0.2, 0.25) is 0 Å². The van der Waals surface area contributed by atoms with E-state index < -0.39 is 7.29 Å². The molecule has 4 rings (SSSR count). The van der Waals surface area contributed by atoms with Gasteiger partial charge in [0.1, 0.15) is 11.5 Å². The largest absolute Gasteiger partial charge is 0.508 e. The number of rotatable bonds is 5. The predicted molar refractivity (Wildman–Crippen MR) is 115 cm³/mol. The minimum atomic E-state index is -2.98. The molecular formula is C23H31N2O2P. The van der Waals surface area contributed by atoms with Gasteiger partial charge in [-0.2, -0.15) is 0 Å². The number of nitrogens with zero attached hydrogens (tertiary/aromatic N) is 2. The standard InChI is InChI=1S/C23H31N2O2P/c26-22-15-7-6-14-21(22)23(24-16-8-2-9-17-24)28(27,20-12-4-1-5-13-20)25-18-10-3-11-19-25/h1,4-7,12-15,23,26H,2-3,8-11,16-19H2/t23-,28-/m0/s1. The maximum absolute atomic E-state index is 15.1. The number of benzene rings is 2. The lowest BCUT2D eigenvalue weighted by Crippen LogP contribution is -2.41. The lowest BCUT2D eigenvalue weighted by molar-refractivity contribution is 0.196. The molecule has 2 aliphatic rings. The van der Waals surface area contributed by atoms with Gasteiger partial charge in [-0.1, -0.05) is 61.4 Å². The van der Waals surface area contributed by atoms with Crippen LogP contribution < -0.4 is 5.30 Å². The summed E-state index contributed by atoms with van der Waals surface area (Å²) >= 11 is 0. The molecule has 0 bridgehead atoms. The molecule has 1 N–H and O–H groups in total. The fourth-order valence-electron chi connectivity index (χ4n) is 4.75. The average Bonchev–Trinajstić information content (AvgIpc) is 2.77. The first-order chi connectivity index (χ1) is 13.7. The normalized spacial score (nSPS) is 22.4. The zero-order chi connectivity index (χ0) is 19.4.